The summed E-state index contributed by atoms with van der Waals surface area (Å²) in [6, 6.07) is 6.37. The minimum absolute atomic E-state index is 0.123. The summed E-state index contributed by atoms with van der Waals surface area (Å²) in [6.45, 7) is 5.42. The number of nitrogens with zero attached hydrogens (tertiary/aromatic N) is 2. The fraction of sp³-hybridized carbons (Fsp3) is 0.591. The summed E-state index contributed by atoms with van der Waals surface area (Å²) in [5.74, 6) is 0.616. The summed E-state index contributed by atoms with van der Waals surface area (Å²) in [5, 5.41) is 3.76. The zero-order valence-electron chi connectivity index (χ0n) is 17.0. The van der Waals surface area contributed by atoms with E-state index >= 15 is 0 Å². The van der Waals surface area contributed by atoms with Crippen LogP contribution in [0, 0.1) is 17.7 Å². The van der Waals surface area contributed by atoms with E-state index in [0.29, 0.717) is 22.6 Å². The third kappa shape index (κ3) is 4.49. The van der Waals surface area contributed by atoms with Crippen LogP contribution in [-0.4, -0.2) is 39.7 Å². The highest BCUT2D eigenvalue weighted by Gasteiger charge is 2.44. The highest BCUT2D eigenvalue weighted by molar-refractivity contribution is 8.16. The minimum atomic E-state index is -0.593. The smallest absolute Gasteiger partial charge is 0.264 e. The molecule has 0 spiro atoms. The maximum Gasteiger partial charge on any atom is 0.264 e. The van der Waals surface area contributed by atoms with Crippen LogP contribution in [0.2, 0.25) is 0 Å². The van der Waals surface area contributed by atoms with Gasteiger partial charge in [0.15, 0.2) is 5.17 Å². The van der Waals surface area contributed by atoms with Gasteiger partial charge < -0.3 is 10.2 Å². The number of amides is 2. The first kappa shape index (κ1) is 20.4. The normalized spacial score (nSPS) is 26.4. The molecular weight excluding hydrogens is 389 g/mol. The lowest BCUT2D eigenvalue weighted by Crippen LogP contribution is -2.41. The summed E-state index contributed by atoms with van der Waals surface area (Å²) in [7, 11) is 0. The number of thioether (sulfide) groups is 1. The van der Waals surface area contributed by atoms with E-state index in [4.69, 9.17) is 0 Å². The Morgan fingerprint density at radius 3 is 2.66 bits per heavy atom. The topological polar surface area (TPSA) is 61.8 Å². The molecule has 2 atom stereocenters. The zero-order chi connectivity index (χ0) is 20.6. The Bertz CT molecular complexity index is 833. The number of rotatable bonds is 5. The van der Waals surface area contributed by atoms with Crippen molar-refractivity contribution in [2.24, 2.45) is 16.8 Å². The van der Waals surface area contributed by atoms with Gasteiger partial charge in [-0.25, -0.2) is 4.39 Å². The Morgan fingerprint density at radius 1 is 1.31 bits per heavy atom. The first-order valence-corrected chi connectivity index (χ1v) is 11.3. The third-order valence-corrected chi connectivity index (χ3v) is 7.41. The molecule has 156 valence electrons. The van der Waals surface area contributed by atoms with E-state index in [9.17, 15) is 14.0 Å². The molecule has 1 N–H and O–H groups in total. The maximum absolute atomic E-state index is 14.0. The molecule has 7 heteroatoms. The summed E-state index contributed by atoms with van der Waals surface area (Å²) in [6.07, 6.45) is 4.72. The third-order valence-electron chi connectivity index (χ3n) is 6.22. The predicted molar refractivity (Wildman–Crippen MR) is 113 cm³/mol. The van der Waals surface area contributed by atoms with Crippen LogP contribution < -0.4 is 5.32 Å². The van der Waals surface area contributed by atoms with E-state index in [-0.39, 0.29) is 23.7 Å². The van der Waals surface area contributed by atoms with Crippen LogP contribution >= 0.6 is 11.8 Å². The first-order valence-electron chi connectivity index (χ1n) is 10.5. The van der Waals surface area contributed by atoms with E-state index in [1.165, 1.54) is 17.8 Å². The van der Waals surface area contributed by atoms with Crippen LogP contribution in [0.25, 0.3) is 0 Å². The Kier molecular flexibility index (Phi) is 5.69. The average Bonchev–Trinajstić information content (AvgIpc) is 3.49. The molecule has 0 bridgehead atoms. The Morgan fingerprint density at radius 2 is 2.00 bits per heavy atom. The molecule has 3 aliphatic rings. The van der Waals surface area contributed by atoms with Gasteiger partial charge in [0.25, 0.3) is 5.91 Å². The number of halogens is 1. The molecule has 4 rings (SSSR count). The van der Waals surface area contributed by atoms with Gasteiger partial charge >= 0.3 is 0 Å². The standard InChI is InChI=1S/C22H28FN3O2S/c1-14(17-5-3-4-6-18(17)23)24-21-25-20(28)22(2,29-21)13-15-9-11-26(12-10-15)19(27)16-7-8-16/h3-6,14-16H,7-13H2,1-2H3,(H,24,25,28)/t14-,22?/m0/s1. The molecular formula is C22H28FN3O2S. The molecule has 1 unspecified atom stereocenters. The number of carbonyl (C=O) groups is 2. The molecule has 1 saturated heterocycles. The van der Waals surface area contributed by atoms with E-state index in [1.54, 1.807) is 18.2 Å². The fourth-order valence-corrected chi connectivity index (χ4v) is 5.51. The number of piperidine rings is 1. The second kappa shape index (κ2) is 8.09. The Labute approximate surface area is 175 Å². The molecule has 2 fully saturated rings. The number of carbonyl (C=O) groups excluding carboxylic acids is 2. The van der Waals surface area contributed by atoms with Gasteiger partial charge in [-0.1, -0.05) is 30.0 Å². The van der Waals surface area contributed by atoms with Crippen LogP contribution in [0.3, 0.4) is 0 Å². The van der Waals surface area contributed by atoms with Gasteiger partial charge in [-0.05, 0) is 57.9 Å². The van der Waals surface area contributed by atoms with E-state index in [0.717, 1.165) is 45.2 Å². The van der Waals surface area contributed by atoms with Gasteiger partial charge in [0.05, 0.1) is 6.04 Å². The van der Waals surface area contributed by atoms with Gasteiger partial charge in [-0.15, -0.1) is 0 Å². The van der Waals surface area contributed by atoms with Crippen molar-refractivity contribution in [3.8, 4) is 0 Å². The highest BCUT2D eigenvalue weighted by atomic mass is 32.2. The van der Waals surface area contributed by atoms with Crippen LogP contribution in [0.1, 0.15) is 57.6 Å². The number of hydrogen-bond donors (Lipinski definition) is 1. The van der Waals surface area contributed by atoms with Gasteiger partial charge in [0.1, 0.15) is 10.6 Å². The summed E-state index contributed by atoms with van der Waals surface area (Å²) in [5.41, 5.74) is 0.560. The molecule has 2 heterocycles. The van der Waals surface area contributed by atoms with Crippen LogP contribution in [-0.2, 0) is 9.59 Å². The molecule has 1 aromatic rings. The molecule has 1 saturated carbocycles. The van der Waals surface area contributed by atoms with Crippen molar-refractivity contribution in [3.05, 3.63) is 35.6 Å². The van der Waals surface area contributed by atoms with Crippen molar-refractivity contribution in [2.75, 3.05) is 13.1 Å². The van der Waals surface area contributed by atoms with Crippen LogP contribution in [0.15, 0.2) is 29.3 Å². The first-order chi connectivity index (χ1) is 13.9. The van der Waals surface area contributed by atoms with Crippen molar-refractivity contribution in [3.63, 3.8) is 0 Å². The van der Waals surface area contributed by atoms with Crippen molar-refractivity contribution in [1.82, 2.24) is 10.2 Å². The molecule has 1 aromatic carbocycles. The molecule has 0 radical (unpaired) electrons. The number of amidine groups is 1. The number of benzene rings is 1. The molecule has 5 nitrogen and oxygen atoms in total. The Hall–Kier alpha value is -1.89. The van der Waals surface area contributed by atoms with Crippen molar-refractivity contribution in [1.29, 1.82) is 0 Å². The second-order valence-corrected chi connectivity index (χ2v) is 10.2. The Balaban J connectivity index is 1.31. The van der Waals surface area contributed by atoms with Crippen molar-refractivity contribution >= 4 is 28.7 Å². The summed E-state index contributed by atoms with van der Waals surface area (Å²) < 4.78 is 13.4. The van der Waals surface area contributed by atoms with Gasteiger partial charge in [-0.3, -0.25) is 9.59 Å². The monoisotopic (exact) mass is 417 g/mol. The van der Waals surface area contributed by atoms with Crippen LogP contribution in [0.5, 0.6) is 0 Å². The zero-order valence-corrected chi connectivity index (χ0v) is 17.8. The van der Waals surface area contributed by atoms with E-state index < -0.39 is 4.75 Å². The quantitative estimate of drug-likeness (QED) is 0.789. The lowest BCUT2D eigenvalue weighted by Gasteiger charge is -2.35. The minimum Gasteiger partial charge on any atom is -0.358 e. The predicted octanol–water partition coefficient (Wildman–Crippen LogP) is 3.90. The number of nitrogens with one attached hydrogen (secondary N) is 1. The number of likely N-dealkylation sites (tertiary alicyclic amines) is 1. The lowest BCUT2D eigenvalue weighted by atomic mass is 9.87. The maximum atomic E-state index is 14.0. The molecule has 1 aliphatic carbocycles. The molecule has 29 heavy (non-hydrogen) atoms. The van der Waals surface area contributed by atoms with E-state index in [2.05, 4.69) is 10.3 Å². The van der Waals surface area contributed by atoms with E-state index in [1.807, 2.05) is 18.7 Å². The second-order valence-electron chi connectivity index (χ2n) is 8.69. The molecule has 0 aromatic heterocycles. The number of aliphatic imine (C=N–C) groups is 1. The molecule has 2 aliphatic heterocycles. The lowest BCUT2D eigenvalue weighted by molar-refractivity contribution is -0.134. The van der Waals surface area contributed by atoms with Gasteiger partial charge in [0, 0.05) is 24.6 Å². The van der Waals surface area contributed by atoms with Gasteiger partial charge in [0.2, 0.25) is 5.91 Å². The SMILES string of the molecule is C[C@H](NC1=NC(=O)C(C)(CC2CCN(C(=O)C3CC3)CC2)S1)c1ccccc1F. The van der Waals surface area contributed by atoms with Gasteiger partial charge in [-0.2, -0.15) is 4.99 Å². The summed E-state index contributed by atoms with van der Waals surface area (Å²) >= 11 is 1.45. The fourth-order valence-electron chi connectivity index (χ4n) is 4.27. The largest absolute Gasteiger partial charge is 0.358 e. The number of hydrogen-bond acceptors (Lipinski definition) is 4. The average molecular weight is 418 g/mol. The van der Waals surface area contributed by atoms with Crippen molar-refractivity contribution in [2.45, 2.75) is 56.7 Å². The highest BCUT2D eigenvalue weighted by Crippen LogP contribution is 2.41. The van der Waals surface area contributed by atoms with Crippen molar-refractivity contribution < 1.29 is 14.0 Å². The summed E-state index contributed by atoms with van der Waals surface area (Å²) in [4.78, 5) is 31.1. The molecule has 2 amide bonds. The van der Waals surface area contributed by atoms with Crippen LogP contribution in [0.4, 0.5) is 4.39 Å².